The summed E-state index contributed by atoms with van der Waals surface area (Å²) in [4.78, 5) is 0. The van der Waals surface area contributed by atoms with E-state index in [0.29, 0.717) is 24.5 Å². The minimum absolute atomic E-state index is 0.384. The van der Waals surface area contributed by atoms with Crippen LogP contribution >= 0.6 is 11.9 Å². The third-order valence-corrected chi connectivity index (χ3v) is 6.38. The zero-order valence-corrected chi connectivity index (χ0v) is 16.0. The number of aliphatic hydroxyl groups is 1. The Hall–Kier alpha value is -1.49. The minimum atomic E-state index is -0.386. The summed E-state index contributed by atoms with van der Waals surface area (Å²) in [6.45, 7) is 5.94. The Bertz CT molecular complexity index is 848. The SMILES string of the molecule is CSN(CC(O)Cn1c2ccccc2c2ccccc21)C1CC1(C)C. The number of aromatic nitrogens is 1. The van der Waals surface area contributed by atoms with Gasteiger partial charge in [0.05, 0.1) is 12.6 Å². The lowest BCUT2D eigenvalue weighted by molar-refractivity contribution is 0.129. The van der Waals surface area contributed by atoms with Crippen molar-refractivity contribution < 1.29 is 5.11 Å². The van der Waals surface area contributed by atoms with Crippen molar-refractivity contribution in [2.24, 2.45) is 5.41 Å². The lowest BCUT2D eigenvalue weighted by Gasteiger charge is -2.24. The monoisotopic (exact) mass is 354 g/mol. The van der Waals surface area contributed by atoms with Crippen LogP contribution in [0.1, 0.15) is 20.3 Å². The van der Waals surface area contributed by atoms with E-state index in [0.717, 1.165) is 0 Å². The van der Waals surface area contributed by atoms with Gasteiger partial charge < -0.3 is 9.67 Å². The molecule has 4 rings (SSSR count). The van der Waals surface area contributed by atoms with Crippen LogP contribution in [-0.2, 0) is 6.54 Å². The molecule has 4 heteroatoms. The van der Waals surface area contributed by atoms with Gasteiger partial charge in [-0.05, 0) is 30.2 Å². The Morgan fingerprint density at radius 3 is 2.12 bits per heavy atom. The maximum atomic E-state index is 10.8. The van der Waals surface area contributed by atoms with E-state index in [1.165, 1.54) is 28.2 Å². The van der Waals surface area contributed by atoms with Crippen LogP contribution in [0.3, 0.4) is 0 Å². The van der Waals surface area contributed by atoms with Crippen molar-refractivity contribution in [2.75, 3.05) is 12.8 Å². The topological polar surface area (TPSA) is 28.4 Å². The number of aliphatic hydroxyl groups excluding tert-OH is 1. The number of fused-ring (bicyclic) bond motifs is 3. The molecule has 0 bridgehead atoms. The Balaban J connectivity index is 1.61. The zero-order valence-electron chi connectivity index (χ0n) is 15.1. The largest absolute Gasteiger partial charge is 0.390 e. The van der Waals surface area contributed by atoms with Crippen LogP contribution in [0.15, 0.2) is 48.5 Å². The molecule has 0 amide bonds. The summed E-state index contributed by atoms with van der Waals surface area (Å²) in [5.41, 5.74) is 2.78. The Kier molecular flexibility index (Phi) is 4.30. The Morgan fingerprint density at radius 1 is 1.12 bits per heavy atom. The first-order chi connectivity index (χ1) is 12.0. The third kappa shape index (κ3) is 3.07. The molecule has 3 nitrogen and oxygen atoms in total. The highest BCUT2D eigenvalue weighted by molar-refractivity contribution is 7.96. The molecule has 0 radical (unpaired) electrons. The van der Waals surface area contributed by atoms with Gasteiger partial charge in [-0.25, -0.2) is 4.31 Å². The lowest BCUT2D eigenvalue weighted by Crippen LogP contribution is -2.33. The van der Waals surface area contributed by atoms with Gasteiger partial charge in [-0.3, -0.25) is 0 Å². The average Bonchev–Trinajstić information content (AvgIpc) is 3.14. The molecule has 1 aromatic heterocycles. The van der Waals surface area contributed by atoms with Gasteiger partial charge in [0.25, 0.3) is 0 Å². The van der Waals surface area contributed by atoms with Gasteiger partial charge >= 0.3 is 0 Å². The van der Waals surface area contributed by atoms with Crippen molar-refractivity contribution in [1.82, 2.24) is 8.87 Å². The molecule has 132 valence electrons. The van der Waals surface area contributed by atoms with Crippen molar-refractivity contribution in [3.05, 3.63) is 48.5 Å². The predicted octanol–water partition coefficient (Wildman–Crippen LogP) is 4.53. The maximum absolute atomic E-state index is 10.8. The van der Waals surface area contributed by atoms with Gasteiger partial charge in [0.2, 0.25) is 0 Å². The fraction of sp³-hybridized carbons (Fsp3) is 0.429. The molecular formula is C21H26N2OS. The van der Waals surface area contributed by atoms with Crippen molar-refractivity contribution >= 4 is 33.8 Å². The van der Waals surface area contributed by atoms with E-state index in [1.807, 2.05) is 0 Å². The number of hydrogen-bond donors (Lipinski definition) is 1. The molecule has 25 heavy (non-hydrogen) atoms. The molecule has 1 aliphatic carbocycles. The summed E-state index contributed by atoms with van der Waals surface area (Å²) in [7, 11) is 0. The van der Waals surface area contributed by atoms with Gasteiger partial charge in [0, 0.05) is 34.4 Å². The van der Waals surface area contributed by atoms with Crippen molar-refractivity contribution in [1.29, 1.82) is 0 Å². The second kappa shape index (κ2) is 6.35. The molecule has 1 heterocycles. The first kappa shape index (κ1) is 17.0. The minimum Gasteiger partial charge on any atom is -0.390 e. The summed E-state index contributed by atoms with van der Waals surface area (Å²) < 4.78 is 4.63. The molecule has 1 aliphatic rings. The van der Waals surface area contributed by atoms with E-state index >= 15 is 0 Å². The van der Waals surface area contributed by atoms with E-state index in [2.05, 4.69) is 77.5 Å². The molecule has 1 fully saturated rings. The molecule has 0 aliphatic heterocycles. The Morgan fingerprint density at radius 2 is 1.64 bits per heavy atom. The van der Waals surface area contributed by atoms with Crippen LogP contribution < -0.4 is 0 Å². The fourth-order valence-electron chi connectivity index (χ4n) is 3.94. The number of hydrogen-bond acceptors (Lipinski definition) is 3. The van der Waals surface area contributed by atoms with Crippen LogP contribution in [0.25, 0.3) is 21.8 Å². The molecule has 3 aromatic rings. The number of nitrogens with zero attached hydrogens (tertiary/aromatic N) is 2. The summed E-state index contributed by atoms with van der Waals surface area (Å²) in [5, 5.41) is 13.3. The molecule has 1 saturated carbocycles. The van der Waals surface area contributed by atoms with Crippen molar-refractivity contribution in [3.8, 4) is 0 Å². The Labute approximate surface area is 153 Å². The number of para-hydroxylation sites is 2. The molecule has 0 saturated heterocycles. The zero-order chi connectivity index (χ0) is 17.6. The van der Waals surface area contributed by atoms with E-state index in [1.54, 1.807) is 11.9 Å². The van der Waals surface area contributed by atoms with Gasteiger partial charge in [0.15, 0.2) is 0 Å². The average molecular weight is 355 g/mol. The highest BCUT2D eigenvalue weighted by Gasteiger charge is 2.49. The lowest BCUT2D eigenvalue weighted by atomic mass is 10.2. The van der Waals surface area contributed by atoms with E-state index in [-0.39, 0.29) is 6.10 Å². The summed E-state index contributed by atoms with van der Waals surface area (Å²) in [6.07, 6.45) is 2.94. The quantitative estimate of drug-likeness (QED) is 0.659. The summed E-state index contributed by atoms with van der Waals surface area (Å²) >= 11 is 1.76. The molecular weight excluding hydrogens is 328 g/mol. The predicted molar refractivity (Wildman–Crippen MR) is 108 cm³/mol. The van der Waals surface area contributed by atoms with E-state index < -0.39 is 0 Å². The number of benzene rings is 2. The highest BCUT2D eigenvalue weighted by Crippen LogP contribution is 2.50. The summed E-state index contributed by atoms with van der Waals surface area (Å²) in [6, 6.07) is 17.5. The van der Waals surface area contributed by atoms with Gasteiger partial charge in [-0.1, -0.05) is 62.2 Å². The summed E-state index contributed by atoms with van der Waals surface area (Å²) in [5.74, 6) is 0. The van der Waals surface area contributed by atoms with Crippen LogP contribution in [0.4, 0.5) is 0 Å². The molecule has 1 N–H and O–H groups in total. The molecule has 2 atom stereocenters. The van der Waals surface area contributed by atoms with Crippen molar-refractivity contribution in [2.45, 2.75) is 39.0 Å². The second-order valence-electron chi connectivity index (χ2n) is 7.79. The maximum Gasteiger partial charge on any atom is 0.0855 e. The molecule has 2 aromatic carbocycles. The standard InChI is InChI=1S/C21H26N2OS/c1-21(2)12-20(21)23(25-3)14-15(24)13-22-18-10-6-4-8-16(18)17-9-5-7-11-19(17)22/h4-11,15,20,24H,12-14H2,1-3H3. The van der Waals surface area contributed by atoms with Crippen LogP contribution in [0.5, 0.6) is 0 Å². The van der Waals surface area contributed by atoms with Crippen molar-refractivity contribution in [3.63, 3.8) is 0 Å². The van der Waals surface area contributed by atoms with Gasteiger partial charge in [-0.15, -0.1) is 0 Å². The second-order valence-corrected chi connectivity index (χ2v) is 8.62. The fourth-order valence-corrected chi connectivity index (χ4v) is 4.87. The molecule has 2 unspecified atom stereocenters. The van der Waals surface area contributed by atoms with E-state index in [4.69, 9.17) is 0 Å². The van der Waals surface area contributed by atoms with Gasteiger partial charge in [-0.2, -0.15) is 0 Å². The van der Waals surface area contributed by atoms with Crippen LogP contribution in [0, 0.1) is 5.41 Å². The smallest absolute Gasteiger partial charge is 0.0855 e. The van der Waals surface area contributed by atoms with Crippen LogP contribution in [-0.4, -0.2) is 38.9 Å². The molecule has 0 spiro atoms. The highest BCUT2D eigenvalue weighted by atomic mass is 32.2. The van der Waals surface area contributed by atoms with Crippen LogP contribution in [0.2, 0.25) is 0 Å². The first-order valence-electron chi connectivity index (χ1n) is 8.96. The third-order valence-electron chi connectivity index (χ3n) is 5.51. The first-order valence-corrected chi connectivity index (χ1v) is 10.1. The normalized spacial score (nSPS) is 20.4. The van der Waals surface area contributed by atoms with E-state index in [9.17, 15) is 5.11 Å². The van der Waals surface area contributed by atoms with Gasteiger partial charge in [0.1, 0.15) is 0 Å². The number of rotatable bonds is 6.